The summed E-state index contributed by atoms with van der Waals surface area (Å²) in [6.45, 7) is 7.82. The Morgan fingerprint density at radius 3 is 2.38 bits per heavy atom. The third-order valence-corrected chi connectivity index (χ3v) is 3.93. The van der Waals surface area contributed by atoms with Crippen LogP contribution in [-0.4, -0.2) is 50.6 Å². The van der Waals surface area contributed by atoms with Gasteiger partial charge in [-0.15, -0.1) is 24.8 Å². The topological polar surface area (TPSA) is 44.4 Å². The number of piperidine rings is 1. The van der Waals surface area contributed by atoms with Gasteiger partial charge in [-0.2, -0.15) is 0 Å². The van der Waals surface area contributed by atoms with E-state index in [2.05, 4.69) is 22.5 Å². The van der Waals surface area contributed by atoms with Gasteiger partial charge in [0.1, 0.15) is 0 Å². The first kappa shape index (κ1) is 23.2. The summed E-state index contributed by atoms with van der Waals surface area (Å²) in [4.78, 5) is 14.0. The van der Waals surface area contributed by atoms with Crippen molar-refractivity contribution in [2.24, 2.45) is 5.92 Å². The van der Waals surface area contributed by atoms with Crippen LogP contribution in [0.25, 0.3) is 0 Å². The molecular weight excluding hydrogens is 309 g/mol. The number of amides is 1. The van der Waals surface area contributed by atoms with Crippen LogP contribution in [0.1, 0.15) is 45.4 Å². The summed E-state index contributed by atoms with van der Waals surface area (Å²) in [7, 11) is 1.92. The van der Waals surface area contributed by atoms with Gasteiger partial charge in [0, 0.05) is 13.0 Å². The summed E-state index contributed by atoms with van der Waals surface area (Å²) >= 11 is 0. The van der Waals surface area contributed by atoms with Crippen molar-refractivity contribution in [1.82, 2.24) is 15.5 Å². The summed E-state index contributed by atoms with van der Waals surface area (Å²) in [5.74, 6) is 1.11. The van der Waals surface area contributed by atoms with E-state index in [0.717, 1.165) is 31.8 Å². The molecule has 1 fully saturated rings. The lowest BCUT2D eigenvalue weighted by Crippen LogP contribution is -2.34. The van der Waals surface area contributed by atoms with Crippen molar-refractivity contribution in [3.8, 4) is 0 Å². The Hall–Kier alpha value is -0.0300. The van der Waals surface area contributed by atoms with Crippen molar-refractivity contribution < 1.29 is 4.79 Å². The molecule has 2 N–H and O–H groups in total. The second kappa shape index (κ2) is 14.9. The fraction of sp³-hybridized carbons (Fsp3) is 0.933. The Morgan fingerprint density at radius 2 is 1.76 bits per heavy atom. The minimum atomic E-state index is 0. The van der Waals surface area contributed by atoms with Gasteiger partial charge in [-0.1, -0.05) is 6.92 Å². The highest BCUT2D eigenvalue weighted by Gasteiger charge is 2.14. The molecule has 6 heteroatoms. The summed E-state index contributed by atoms with van der Waals surface area (Å²) in [5.41, 5.74) is 0. The number of carbonyl (C=O) groups excluding carboxylic acids is 1. The lowest BCUT2D eigenvalue weighted by atomic mass is 9.99. The van der Waals surface area contributed by atoms with Crippen molar-refractivity contribution in [3.63, 3.8) is 0 Å². The summed E-state index contributed by atoms with van der Waals surface area (Å²) in [5, 5.41) is 6.05. The predicted octanol–water partition coefficient (Wildman–Crippen LogP) is 2.46. The Balaban J connectivity index is 0. The number of carbonyl (C=O) groups is 1. The number of hydrogen-bond acceptors (Lipinski definition) is 3. The number of nitrogens with one attached hydrogen (secondary N) is 2. The molecule has 0 radical (unpaired) electrons. The van der Waals surface area contributed by atoms with E-state index < -0.39 is 0 Å². The van der Waals surface area contributed by atoms with Gasteiger partial charge in [-0.3, -0.25) is 4.79 Å². The van der Waals surface area contributed by atoms with Gasteiger partial charge < -0.3 is 15.5 Å². The Bertz CT molecular complexity index is 247. The van der Waals surface area contributed by atoms with Crippen molar-refractivity contribution >= 4 is 30.7 Å². The first-order valence-electron chi connectivity index (χ1n) is 7.86. The van der Waals surface area contributed by atoms with E-state index >= 15 is 0 Å². The van der Waals surface area contributed by atoms with Crippen LogP contribution in [0, 0.1) is 5.92 Å². The lowest BCUT2D eigenvalue weighted by molar-refractivity contribution is -0.121. The Kier molecular flexibility index (Phi) is 16.5. The molecule has 0 atom stereocenters. The second-order valence-electron chi connectivity index (χ2n) is 5.79. The average molecular weight is 342 g/mol. The first-order chi connectivity index (χ1) is 9.22. The third-order valence-electron chi connectivity index (χ3n) is 3.93. The van der Waals surface area contributed by atoms with Gasteiger partial charge in [-0.05, 0) is 71.2 Å². The molecule has 1 heterocycles. The molecule has 0 unspecified atom stereocenters. The molecular formula is C15H33Cl2N3O. The molecule has 1 aliphatic rings. The molecule has 1 amide bonds. The zero-order chi connectivity index (χ0) is 13.9. The van der Waals surface area contributed by atoms with Crippen molar-refractivity contribution in [2.45, 2.75) is 45.4 Å². The van der Waals surface area contributed by atoms with E-state index in [-0.39, 0.29) is 30.7 Å². The van der Waals surface area contributed by atoms with Gasteiger partial charge in [-0.25, -0.2) is 0 Å². The fourth-order valence-electron chi connectivity index (χ4n) is 2.49. The molecule has 4 nitrogen and oxygen atoms in total. The van der Waals surface area contributed by atoms with Crippen LogP contribution < -0.4 is 10.6 Å². The van der Waals surface area contributed by atoms with Crippen LogP contribution in [0.3, 0.4) is 0 Å². The molecule has 0 saturated carbocycles. The van der Waals surface area contributed by atoms with E-state index in [1.807, 2.05) is 7.05 Å². The zero-order valence-corrected chi connectivity index (χ0v) is 15.2. The van der Waals surface area contributed by atoms with Crippen LogP contribution in [0.5, 0.6) is 0 Å². The number of likely N-dealkylation sites (tertiary alicyclic amines) is 1. The van der Waals surface area contributed by atoms with E-state index in [1.54, 1.807) is 0 Å². The number of rotatable bonds is 9. The molecule has 1 aliphatic heterocycles. The number of halogens is 2. The van der Waals surface area contributed by atoms with Crippen molar-refractivity contribution in [3.05, 3.63) is 0 Å². The van der Waals surface area contributed by atoms with Crippen LogP contribution in [0.2, 0.25) is 0 Å². The second-order valence-corrected chi connectivity index (χ2v) is 5.79. The van der Waals surface area contributed by atoms with E-state index in [0.29, 0.717) is 6.42 Å². The van der Waals surface area contributed by atoms with E-state index in [4.69, 9.17) is 0 Å². The lowest BCUT2D eigenvalue weighted by Gasteiger charge is -2.30. The fourth-order valence-corrected chi connectivity index (χ4v) is 2.49. The standard InChI is InChI=1S/C15H31N3O.2ClH/c1-14-7-12-18(13-8-14)11-4-3-10-17-15(19)6-5-9-16-2;;/h14,16H,3-13H2,1-2H3,(H,17,19);2*1H. The van der Waals surface area contributed by atoms with Gasteiger partial charge in [0.25, 0.3) is 0 Å². The number of unbranched alkanes of at least 4 members (excludes halogenated alkanes) is 1. The molecule has 1 saturated heterocycles. The van der Waals surface area contributed by atoms with Gasteiger partial charge in [0.2, 0.25) is 5.91 Å². The minimum absolute atomic E-state index is 0. The molecule has 0 aromatic rings. The van der Waals surface area contributed by atoms with Gasteiger partial charge in [0.15, 0.2) is 0 Å². The molecule has 21 heavy (non-hydrogen) atoms. The summed E-state index contributed by atoms with van der Waals surface area (Å²) in [6, 6.07) is 0. The molecule has 0 aromatic heterocycles. The highest BCUT2D eigenvalue weighted by atomic mass is 35.5. The first-order valence-corrected chi connectivity index (χ1v) is 7.86. The molecule has 1 rings (SSSR count). The SMILES string of the molecule is CNCCCC(=O)NCCCCN1CCC(C)CC1.Cl.Cl. The van der Waals surface area contributed by atoms with Crippen molar-refractivity contribution in [2.75, 3.05) is 39.8 Å². The predicted molar refractivity (Wildman–Crippen MR) is 94.7 cm³/mol. The number of hydrogen-bond donors (Lipinski definition) is 2. The number of nitrogens with zero attached hydrogens (tertiary/aromatic N) is 1. The summed E-state index contributed by atoms with van der Waals surface area (Å²) in [6.07, 6.45) is 6.57. The van der Waals surface area contributed by atoms with Gasteiger partial charge in [0.05, 0.1) is 0 Å². The highest BCUT2D eigenvalue weighted by Crippen LogP contribution is 2.15. The van der Waals surface area contributed by atoms with Crippen molar-refractivity contribution in [1.29, 1.82) is 0 Å². The molecule has 0 aliphatic carbocycles. The van der Waals surface area contributed by atoms with E-state index in [9.17, 15) is 4.79 Å². The zero-order valence-electron chi connectivity index (χ0n) is 13.5. The minimum Gasteiger partial charge on any atom is -0.356 e. The van der Waals surface area contributed by atoms with Crippen LogP contribution in [0.4, 0.5) is 0 Å². The average Bonchev–Trinajstić information content (AvgIpc) is 2.41. The Morgan fingerprint density at radius 1 is 1.10 bits per heavy atom. The molecule has 128 valence electrons. The Labute approximate surface area is 142 Å². The smallest absolute Gasteiger partial charge is 0.220 e. The third kappa shape index (κ3) is 12.2. The van der Waals surface area contributed by atoms with Gasteiger partial charge >= 0.3 is 0 Å². The monoisotopic (exact) mass is 341 g/mol. The van der Waals surface area contributed by atoms with Crippen LogP contribution in [-0.2, 0) is 4.79 Å². The highest BCUT2D eigenvalue weighted by molar-refractivity contribution is 5.85. The molecule has 0 spiro atoms. The quantitative estimate of drug-likeness (QED) is 0.633. The molecule has 0 aromatic carbocycles. The maximum atomic E-state index is 11.5. The summed E-state index contributed by atoms with van der Waals surface area (Å²) < 4.78 is 0. The largest absolute Gasteiger partial charge is 0.356 e. The van der Waals surface area contributed by atoms with Crippen LogP contribution >= 0.6 is 24.8 Å². The van der Waals surface area contributed by atoms with E-state index in [1.165, 1.54) is 38.9 Å². The maximum absolute atomic E-state index is 11.5. The van der Waals surface area contributed by atoms with Crippen LogP contribution in [0.15, 0.2) is 0 Å². The molecule has 0 bridgehead atoms. The normalized spacial score (nSPS) is 15.9. The maximum Gasteiger partial charge on any atom is 0.220 e.